The molecule has 0 aliphatic heterocycles. The van der Waals surface area contributed by atoms with Crippen LogP contribution in [0.1, 0.15) is 24.5 Å². The number of alkyl halides is 1. The minimum atomic E-state index is -0.333. The first-order valence-corrected chi connectivity index (χ1v) is 6.80. The molecule has 6 heteroatoms. The van der Waals surface area contributed by atoms with Crippen LogP contribution in [-0.4, -0.2) is 15.5 Å². The van der Waals surface area contributed by atoms with Gasteiger partial charge in [0.25, 0.3) is 0 Å². The van der Waals surface area contributed by atoms with Crippen molar-refractivity contribution in [2.24, 2.45) is 5.73 Å². The number of carbonyl (C=O) groups is 1. The van der Waals surface area contributed by atoms with E-state index in [2.05, 4.69) is 20.9 Å². The molecule has 2 N–H and O–H groups in total. The van der Waals surface area contributed by atoms with Gasteiger partial charge in [0.05, 0.1) is 16.4 Å². The molecule has 1 aromatic heterocycles. The van der Waals surface area contributed by atoms with Crippen molar-refractivity contribution in [3.8, 4) is 0 Å². The summed E-state index contributed by atoms with van der Waals surface area (Å²) in [6.45, 7) is 2.35. The Hall–Kier alpha value is -1.07. The van der Waals surface area contributed by atoms with Gasteiger partial charge in [-0.05, 0) is 25.1 Å². The van der Waals surface area contributed by atoms with Gasteiger partial charge in [-0.3, -0.25) is 4.79 Å². The number of hydrogen-bond donors (Lipinski definition) is 1. The maximum Gasteiger partial charge on any atom is 0.219 e. The fourth-order valence-corrected chi connectivity index (χ4v) is 2.39. The highest BCUT2D eigenvalue weighted by molar-refractivity contribution is 9.10. The topological polar surface area (TPSA) is 60.9 Å². The Bertz CT molecular complexity index is 594. The van der Waals surface area contributed by atoms with E-state index in [0.717, 1.165) is 21.3 Å². The second kappa shape index (κ2) is 5.28. The molecule has 96 valence electrons. The third kappa shape index (κ3) is 2.67. The van der Waals surface area contributed by atoms with Crippen LogP contribution in [0.2, 0.25) is 0 Å². The standard InChI is InChI=1S/C12H13BrClN3O/c1-7(14)12-16-9-3-2-8(13)6-10(9)17(12)5-4-11(15)18/h2-3,6-7H,4-5H2,1H3,(H2,15,18). The summed E-state index contributed by atoms with van der Waals surface area (Å²) in [7, 11) is 0. The molecular weight excluding hydrogens is 318 g/mol. The first-order valence-electron chi connectivity index (χ1n) is 5.57. The Morgan fingerprint density at radius 2 is 2.33 bits per heavy atom. The van der Waals surface area contributed by atoms with E-state index >= 15 is 0 Å². The van der Waals surface area contributed by atoms with Crippen LogP contribution in [0.5, 0.6) is 0 Å². The highest BCUT2D eigenvalue weighted by atomic mass is 79.9. The summed E-state index contributed by atoms with van der Waals surface area (Å²) in [5.74, 6) is 0.422. The summed E-state index contributed by atoms with van der Waals surface area (Å²) in [5, 5.41) is -0.218. The Labute approximate surface area is 118 Å². The van der Waals surface area contributed by atoms with Gasteiger partial charge in [0, 0.05) is 17.4 Å². The van der Waals surface area contributed by atoms with Gasteiger partial charge in [-0.25, -0.2) is 4.98 Å². The number of fused-ring (bicyclic) bond motifs is 1. The summed E-state index contributed by atoms with van der Waals surface area (Å²) in [6.07, 6.45) is 0.272. The molecule has 1 atom stereocenters. The lowest BCUT2D eigenvalue weighted by Gasteiger charge is -2.09. The summed E-state index contributed by atoms with van der Waals surface area (Å²) < 4.78 is 2.91. The zero-order chi connectivity index (χ0) is 13.3. The van der Waals surface area contributed by atoms with Crippen molar-refractivity contribution in [2.75, 3.05) is 0 Å². The first-order chi connectivity index (χ1) is 8.49. The number of amides is 1. The molecule has 1 amide bonds. The Balaban J connectivity index is 2.53. The third-order valence-corrected chi connectivity index (χ3v) is 3.37. The van der Waals surface area contributed by atoms with Gasteiger partial charge in [-0.1, -0.05) is 15.9 Å². The summed E-state index contributed by atoms with van der Waals surface area (Å²) >= 11 is 9.55. The maximum atomic E-state index is 10.9. The van der Waals surface area contributed by atoms with Gasteiger partial charge < -0.3 is 10.3 Å². The lowest BCUT2D eigenvalue weighted by Crippen LogP contribution is -2.15. The normalized spacial score (nSPS) is 12.8. The fourth-order valence-electron chi connectivity index (χ4n) is 1.88. The smallest absolute Gasteiger partial charge is 0.219 e. The molecule has 4 nitrogen and oxygen atoms in total. The van der Waals surface area contributed by atoms with Gasteiger partial charge in [0.15, 0.2) is 0 Å². The number of aromatic nitrogens is 2. The van der Waals surface area contributed by atoms with Gasteiger partial charge in [0.1, 0.15) is 5.82 Å². The summed E-state index contributed by atoms with van der Waals surface area (Å²) in [5.41, 5.74) is 7.01. The predicted octanol–water partition coefficient (Wildman–Crippen LogP) is 2.97. The van der Waals surface area contributed by atoms with E-state index in [-0.39, 0.29) is 17.7 Å². The minimum absolute atomic E-state index is 0.218. The van der Waals surface area contributed by atoms with E-state index < -0.39 is 0 Å². The van der Waals surface area contributed by atoms with E-state index in [1.54, 1.807) is 0 Å². The number of imidazole rings is 1. The van der Waals surface area contributed by atoms with Gasteiger partial charge in [0.2, 0.25) is 5.91 Å². The highest BCUT2D eigenvalue weighted by Crippen LogP contribution is 2.26. The van der Waals surface area contributed by atoms with Crippen molar-refractivity contribution >= 4 is 44.5 Å². The van der Waals surface area contributed by atoms with Crippen LogP contribution in [0.15, 0.2) is 22.7 Å². The van der Waals surface area contributed by atoms with E-state index in [4.69, 9.17) is 17.3 Å². The van der Waals surface area contributed by atoms with Crippen LogP contribution < -0.4 is 5.73 Å². The number of halogens is 2. The zero-order valence-corrected chi connectivity index (χ0v) is 12.2. The molecule has 2 rings (SSSR count). The second-order valence-electron chi connectivity index (χ2n) is 4.09. The number of nitrogens with two attached hydrogens (primary N) is 1. The molecule has 0 saturated heterocycles. The largest absolute Gasteiger partial charge is 0.370 e. The average molecular weight is 331 g/mol. The Kier molecular flexibility index (Phi) is 3.92. The third-order valence-electron chi connectivity index (χ3n) is 2.68. The monoisotopic (exact) mass is 329 g/mol. The highest BCUT2D eigenvalue weighted by Gasteiger charge is 2.15. The van der Waals surface area contributed by atoms with Gasteiger partial charge in [-0.15, -0.1) is 11.6 Å². The fraction of sp³-hybridized carbons (Fsp3) is 0.333. The molecule has 0 saturated carbocycles. The van der Waals surface area contributed by atoms with Crippen LogP contribution in [0, 0.1) is 0 Å². The van der Waals surface area contributed by atoms with Crippen LogP contribution in [0.25, 0.3) is 11.0 Å². The van der Waals surface area contributed by atoms with Gasteiger partial charge >= 0.3 is 0 Å². The SMILES string of the molecule is CC(Cl)c1nc2ccc(Br)cc2n1CCC(N)=O. The Morgan fingerprint density at radius 3 is 2.94 bits per heavy atom. The van der Waals surface area contributed by atoms with Crippen molar-refractivity contribution in [1.29, 1.82) is 0 Å². The number of benzene rings is 1. The average Bonchev–Trinajstić information content (AvgIpc) is 2.64. The molecule has 0 radical (unpaired) electrons. The van der Waals surface area contributed by atoms with Crippen molar-refractivity contribution < 1.29 is 4.79 Å². The van der Waals surface area contributed by atoms with E-state index in [9.17, 15) is 4.79 Å². The molecule has 2 aromatic rings. The van der Waals surface area contributed by atoms with E-state index in [1.165, 1.54) is 0 Å². The predicted molar refractivity (Wildman–Crippen MR) is 75.5 cm³/mol. The molecule has 18 heavy (non-hydrogen) atoms. The molecule has 1 heterocycles. The van der Waals surface area contributed by atoms with Crippen molar-refractivity contribution in [2.45, 2.75) is 25.3 Å². The van der Waals surface area contributed by atoms with Crippen LogP contribution in [-0.2, 0) is 11.3 Å². The lowest BCUT2D eigenvalue weighted by atomic mass is 10.3. The lowest BCUT2D eigenvalue weighted by molar-refractivity contribution is -0.118. The van der Waals surface area contributed by atoms with Gasteiger partial charge in [-0.2, -0.15) is 0 Å². The van der Waals surface area contributed by atoms with E-state index in [1.807, 2.05) is 29.7 Å². The second-order valence-corrected chi connectivity index (χ2v) is 5.66. The van der Waals surface area contributed by atoms with E-state index in [0.29, 0.717) is 6.54 Å². The maximum absolute atomic E-state index is 10.9. The number of primary amides is 1. The van der Waals surface area contributed by atoms with Crippen molar-refractivity contribution in [1.82, 2.24) is 9.55 Å². The van der Waals surface area contributed by atoms with Crippen molar-refractivity contribution in [3.05, 3.63) is 28.5 Å². The molecule has 0 aliphatic carbocycles. The van der Waals surface area contributed by atoms with Crippen LogP contribution in [0.3, 0.4) is 0 Å². The molecule has 0 aliphatic rings. The molecule has 1 unspecified atom stereocenters. The van der Waals surface area contributed by atoms with Crippen molar-refractivity contribution in [3.63, 3.8) is 0 Å². The first kappa shape index (κ1) is 13.4. The summed E-state index contributed by atoms with van der Waals surface area (Å²) in [6, 6.07) is 5.81. The number of carbonyl (C=O) groups excluding carboxylic acids is 1. The molecule has 0 spiro atoms. The minimum Gasteiger partial charge on any atom is -0.370 e. The molecule has 0 bridgehead atoms. The molecule has 0 fully saturated rings. The quantitative estimate of drug-likeness (QED) is 0.876. The molecule has 1 aromatic carbocycles. The van der Waals surface area contributed by atoms with Crippen LogP contribution >= 0.6 is 27.5 Å². The number of nitrogens with zero attached hydrogens (tertiary/aromatic N) is 2. The summed E-state index contributed by atoms with van der Waals surface area (Å²) in [4.78, 5) is 15.4. The van der Waals surface area contributed by atoms with Crippen LogP contribution in [0.4, 0.5) is 0 Å². The molecular formula is C12H13BrClN3O. The zero-order valence-electron chi connectivity index (χ0n) is 9.86. The number of hydrogen-bond acceptors (Lipinski definition) is 2. The number of aryl methyl sites for hydroxylation is 1. The Morgan fingerprint density at radius 1 is 1.61 bits per heavy atom. The number of rotatable bonds is 4.